The Morgan fingerprint density at radius 3 is 2.42 bits per heavy atom. The maximum atomic E-state index is 12.7. The molecule has 0 atom stereocenters. The van der Waals surface area contributed by atoms with Crippen molar-refractivity contribution >= 4 is 17.6 Å². The number of carboxylic acid groups (broad SMARTS) is 1. The molecule has 0 aromatic carbocycles. The number of carboxylic acids is 1. The topological polar surface area (TPSA) is 59.4 Å². The number of hydrogen-bond donors (Lipinski definition) is 1. The minimum Gasteiger partial charge on any atom is -0.478 e. The van der Waals surface area contributed by atoms with Crippen molar-refractivity contribution in [2.45, 2.75) is 18.7 Å². The minimum atomic E-state index is -5.27. The summed E-state index contributed by atoms with van der Waals surface area (Å²) in [5.74, 6) is -3.85. The van der Waals surface area contributed by atoms with Crippen molar-refractivity contribution in [1.82, 2.24) is 4.98 Å². The fourth-order valence-corrected chi connectivity index (χ4v) is 1.50. The molecule has 0 bridgehead atoms. The van der Waals surface area contributed by atoms with Gasteiger partial charge in [0, 0.05) is 17.6 Å². The van der Waals surface area contributed by atoms with Gasteiger partial charge in [0.05, 0.1) is 11.1 Å². The first-order valence-electron chi connectivity index (χ1n) is 4.52. The zero-order chi connectivity index (χ0) is 14.8. The van der Waals surface area contributed by atoms with Gasteiger partial charge >= 0.3 is 12.3 Å². The van der Waals surface area contributed by atoms with E-state index in [1.54, 1.807) is 0 Å². The molecule has 0 spiro atoms. The van der Waals surface area contributed by atoms with Gasteiger partial charge in [0.1, 0.15) is 0 Å². The Labute approximate surface area is 107 Å². The molecule has 0 aliphatic heterocycles. The first-order valence-corrected chi connectivity index (χ1v) is 5.05. The highest BCUT2D eigenvalue weighted by molar-refractivity contribution is 6.17. The largest absolute Gasteiger partial charge is 0.574 e. The number of carbonyl (C=O) groups is 1. The molecular formula is C9H5ClF5NO3. The van der Waals surface area contributed by atoms with Crippen molar-refractivity contribution in [3.63, 3.8) is 0 Å². The van der Waals surface area contributed by atoms with Gasteiger partial charge in [-0.25, -0.2) is 18.6 Å². The fourth-order valence-electron chi connectivity index (χ4n) is 1.30. The van der Waals surface area contributed by atoms with E-state index < -0.39 is 41.6 Å². The van der Waals surface area contributed by atoms with Gasteiger partial charge in [-0.2, -0.15) is 0 Å². The molecule has 19 heavy (non-hydrogen) atoms. The number of pyridine rings is 1. The molecule has 1 aromatic rings. The molecule has 0 unspecified atom stereocenters. The number of ether oxygens (including phenoxy) is 1. The minimum absolute atomic E-state index is 0.334. The molecule has 0 aliphatic carbocycles. The third-order valence-corrected chi connectivity index (χ3v) is 2.23. The van der Waals surface area contributed by atoms with Gasteiger partial charge < -0.3 is 9.84 Å². The maximum Gasteiger partial charge on any atom is 0.574 e. The molecule has 0 saturated heterocycles. The van der Waals surface area contributed by atoms with E-state index >= 15 is 0 Å². The smallest absolute Gasteiger partial charge is 0.478 e. The Hall–Kier alpha value is -1.64. The quantitative estimate of drug-likeness (QED) is 0.684. The van der Waals surface area contributed by atoms with Gasteiger partial charge in [0.15, 0.2) is 0 Å². The molecule has 1 aromatic heterocycles. The predicted octanol–water partition coefficient (Wildman–Crippen LogP) is 3.35. The van der Waals surface area contributed by atoms with E-state index in [1.165, 1.54) is 0 Å². The molecular weight excluding hydrogens is 301 g/mol. The van der Waals surface area contributed by atoms with Crippen molar-refractivity contribution < 1.29 is 36.6 Å². The summed E-state index contributed by atoms with van der Waals surface area (Å²) >= 11 is 5.33. The van der Waals surface area contributed by atoms with Crippen LogP contribution in [0.3, 0.4) is 0 Å². The lowest BCUT2D eigenvalue weighted by Crippen LogP contribution is -2.21. The molecule has 10 heteroatoms. The molecule has 0 aliphatic rings. The summed E-state index contributed by atoms with van der Waals surface area (Å²) in [6, 6.07) is 0. The molecule has 0 fully saturated rings. The molecule has 0 amide bonds. The Morgan fingerprint density at radius 2 is 2.05 bits per heavy atom. The van der Waals surface area contributed by atoms with Gasteiger partial charge in [-0.15, -0.1) is 24.8 Å². The van der Waals surface area contributed by atoms with E-state index in [0.717, 1.165) is 0 Å². The van der Waals surface area contributed by atoms with Gasteiger partial charge in [-0.3, -0.25) is 0 Å². The summed E-state index contributed by atoms with van der Waals surface area (Å²) < 4.78 is 64.8. The Morgan fingerprint density at radius 1 is 1.47 bits per heavy atom. The number of aromatic carboxylic acids is 1. The van der Waals surface area contributed by atoms with Crippen molar-refractivity contribution in [3.05, 3.63) is 22.9 Å². The van der Waals surface area contributed by atoms with E-state index in [9.17, 15) is 26.7 Å². The van der Waals surface area contributed by atoms with Crippen LogP contribution in [0.2, 0.25) is 0 Å². The second-order valence-electron chi connectivity index (χ2n) is 3.16. The molecule has 106 valence electrons. The van der Waals surface area contributed by atoms with Crippen LogP contribution in [0, 0.1) is 0 Å². The maximum absolute atomic E-state index is 12.7. The van der Waals surface area contributed by atoms with Gasteiger partial charge in [0.25, 0.3) is 6.43 Å². The van der Waals surface area contributed by atoms with Crippen molar-refractivity contribution in [3.8, 4) is 5.88 Å². The van der Waals surface area contributed by atoms with Crippen LogP contribution in [0.15, 0.2) is 6.20 Å². The van der Waals surface area contributed by atoms with Gasteiger partial charge in [-0.1, -0.05) is 0 Å². The lowest BCUT2D eigenvalue weighted by Gasteiger charge is -2.15. The average Bonchev–Trinajstić information content (AvgIpc) is 2.25. The molecule has 0 radical (unpaired) electrons. The van der Waals surface area contributed by atoms with Crippen molar-refractivity contribution in [1.29, 1.82) is 0 Å². The van der Waals surface area contributed by atoms with Crippen LogP contribution >= 0.6 is 11.6 Å². The number of nitrogens with zero attached hydrogens (tertiary/aromatic N) is 1. The summed E-state index contributed by atoms with van der Waals surface area (Å²) in [4.78, 5) is 13.9. The molecule has 1 heterocycles. The number of hydrogen-bond acceptors (Lipinski definition) is 3. The van der Waals surface area contributed by atoms with Crippen LogP contribution in [-0.4, -0.2) is 22.4 Å². The van der Waals surface area contributed by atoms with Crippen molar-refractivity contribution in [2.24, 2.45) is 0 Å². The Kier molecular flexibility index (Phi) is 4.51. The zero-order valence-electron chi connectivity index (χ0n) is 8.84. The predicted molar refractivity (Wildman–Crippen MR) is 52.4 cm³/mol. The Balaban J connectivity index is 3.49. The SMILES string of the molecule is O=C(O)c1c(CCl)cnc(OC(F)(F)F)c1C(F)F. The van der Waals surface area contributed by atoms with Crippen LogP contribution in [-0.2, 0) is 5.88 Å². The Bertz CT molecular complexity index is 491. The zero-order valence-corrected chi connectivity index (χ0v) is 9.60. The number of alkyl halides is 6. The van der Waals surface area contributed by atoms with Crippen LogP contribution in [0.1, 0.15) is 27.9 Å². The van der Waals surface area contributed by atoms with Crippen molar-refractivity contribution in [2.75, 3.05) is 0 Å². The lowest BCUT2D eigenvalue weighted by molar-refractivity contribution is -0.276. The molecule has 1 N–H and O–H groups in total. The molecule has 1 rings (SSSR count). The van der Waals surface area contributed by atoms with E-state index in [-0.39, 0.29) is 5.56 Å². The third-order valence-electron chi connectivity index (χ3n) is 1.95. The molecule has 0 saturated carbocycles. The fraction of sp³-hybridized carbons (Fsp3) is 0.333. The number of halogens is 6. The first-order chi connectivity index (χ1) is 8.67. The van der Waals surface area contributed by atoms with E-state index in [1.807, 2.05) is 0 Å². The van der Waals surface area contributed by atoms with Crippen LogP contribution in [0.25, 0.3) is 0 Å². The summed E-state index contributed by atoms with van der Waals surface area (Å²) in [7, 11) is 0. The first kappa shape index (κ1) is 15.4. The summed E-state index contributed by atoms with van der Waals surface area (Å²) in [6.45, 7) is 0. The standard InChI is InChI=1S/C9H5ClF5NO3/c10-1-3-2-16-7(19-9(13,14)15)5(6(11)12)4(3)8(17)18/h2,6H,1H2,(H,17,18). The number of aromatic nitrogens is 1. The van der Waals surface area contributed by atoms with E-state index in [4.69, 9.17) is 16.7 Å². The lowest BCUT2D eigenvalue weighted by atomic mass is 10.1. The summed E-state index contributed by atoms with van der Waals surface area (Å²) in [5.41, 5.74) is -2.83. The second kappa shape index (κ2) is 5.55. The normalized spacial score (nSPS) is 11.7. The summed E-state index contributed by atoms with van der Waals surface area (Å²) in [6.07, 6.45) is -8.14. The number of rotatable bonds is 4. The average molecular weight is 306 g/mol. The third kappa shape index (κ3) is 3.66. The highest BCUT2D eigenvalue weighted by atomic mass is 35.5. The monoisotopic (exact) mass is 305 g/mol. The molecule has 4 nitrogen and oxygen atoms in total. The van der Waals surface area contributed by atoms with E-state index in [2.05, 4.69) is 9.72 Å². The second-order valence-corrected chi connectivity index (χ2v) is 3.43. The summed E-state index contributed by atoms with van der Waals surface area (Å²) in [5, 5.41) is 8.79. The van der Waals surface area contributed by atoms with E-state index in [0.29, 0.717) is 6.20 Å². The highest BCUT2D eigenvalue weighted by Gasteiger charge is 2.36. The van der Waals surface area contributed by atoms with Crippen LogP contribution in [0.5, 0.6) is 5.88 Å². The van der Waals surface area contributed by atoms with Crippen LogP contribution in [0.4, 0.5) is 22.0 Å². The van der Waals surface area contributed by atoms with Crippen LogP contribution < -0.4 is 4.74 Å². The highest BCUT2D eigenvalue weighted by Crippen LogP contribution is 2.35. The van der Waals surface area contributed by atoms with Gasteiger partial charge in [0.2, 0.25) is 5.88 Å². The van der Waals surface area contributed by atoms with Gasteiger partial charge in [-0.05, 0) is 0 Å².